The Kier molecular flexibility index (Phi) is 6.20. The Labute approximate surface area is 165 Å². The van der Waals surface area contributed by atoms with Crippen molar-refractivity contribution in [1.82, 2.24) is 4.90 Å². The quantitative estimate of drug-likeness (QED) is 0.717. The first-order valence-corrected chi connectivity index (χ1v) is 9.79. The Morgan fingerprint density at radius 2 is 1.93 bits per heavy atom. The zero-order valence-corrected chi connectivity index (χ0v) is 15.7. The number of carbonyl (C=O) groups excluding carboxylic acids is 2. The van der Waals surface area contributed by atoms with Crippen molar-refractivity contribution in [2.75, 3.05) is 24.7 Å². The van der Waals surface area contributed by atoms with Gasteiger partial charge in [-0.05, 0) is 24.3 Å². The topological polar surface area (TPSA) is 104 Å². The second-order valence-corrected chi connectivity index (χ2v) is 7.35. The molecule has 0 aliphatic carbocycles. The van der Waals surface area contributed by atoms with Gasteiger partial charge in [0.15, 0.2) is 6.29 Å². The molecule has 2 aromatic carbocycles. The Hall–Kier alpha value is -3.00. The molecule has 1 amide bonds. The molecule has 1 saturated heterocycles. The number of amides is 1. The van der Waals surface area contributed by atoms with E-state index >= 15 is 0 Å². The fourth-order valence-electron chi connectivity index (χ4n) is 3.03. The van der Waals surface area contributed by atoms with E-state index in [1.165, 1.54) is 18.2 Å². The number of phenolic OH excluding ortho intramolecular Hbond substituents is 1. The predicted octanol–water partition coefficient (Wildman–Crippen LogP) is 2.54. The minimum Gasteiger partial charge on any atom is -0.507 e. The van der Waals surface area contributed by atoms with Gasteiger partial charge in [0.05, 0.1) is 22.7 Å². The first-order valence-electron chi connectivity index (χ1n) is 8.64. The van der Waals surface area contributed by atoms with Crippen LogP contribution < -0.4 is 4.74 Å². The highest BCUT2D eigenvalue weighted by Crippen LogP contribution is 2.27. The summed E-state index contributed by atoms with van der Waals surface area (Å²) in [4.78, 5) is 37.3. The summed E-state index contributed by atoms with van der Waals surface area (Å²) in [5.74, 6) is -0.0888. The van der Waals surface area contributed by atoms with Crippen LogP contribution in [0.4, 0.5) is 0 Å². The number of rotatable bonds is 6. The molecular formula is C20H19NO6S. The number of nitrogens with zero attached hydrogens (tertiary/aromatic N) is 1. The average Bonchev–Trinajstić information content (AvgIpc) is 2.72. The molecule has 2 aromatic rings. The summed E-state index contributed by atoms with van der Waals surface area (Å²) in [7, 11) is 0. The fourth-order valence-corrected chi connectivity index (χ4v) is 4.07. The lowest BCUT2D eigenvalue weighted by molar-refractivity contribution is 0.0623. The third kappa shape index (κ3) is 4.12. The first kappa shape index (κ1) is 19.8. The number of aromatic carboxylic acids is 1. The number of hydrogen-bond donors (Lipinski definition) is 2. The highest BCUT2D eigenvalue weighted by molar-refractivity contribution is 7.99. The van der Waals surface area contributed by atoms with E-state index in [4.69, 9.17) is 4.74 Å². The minimum absolute atomic E-state index is 0.0402. The molecule has 1 fully saturated rings. The van der Waals surface area contributed by atoms with E-state index in [1.807, 2.05) is 0 Å². The van der Waals surface area contributed by atoms with Gasteiger partial charge >= 0.3 is 5.97 Å². The Bertz CT molecular complexity index is 900. The highest BCUT2D eigenvalue weighted by Gasteiger charge is 2.30. The molecule has 1 aliphatic heterocycles. The van der Waals surface area contributed by atoms with E-state index in [2.05, 4.69) is 0 Å². The lowest BCUT2D eigenvalue weighted by Gasteiger charge is -2.35. The van der Waals surface area contributed by atoms with Gasteiger partial charge in [0.2, 0.25) is 0 Å². The van der Waals surface area contributed by atoms with Gasteiger partial charge in [-0.3, -0.25) is 9.59 Å². The summed E-state index contributed by atoms with van der Waals surface area (Å²) in [6.45, 7) is 0.588. The normalized spacial score (nSPS) is 16.4. The van der Waals surface area contributed by atoms with E-state index in [9.17, 15) is 24.6 Å². The lowest BCUT2D eigenvalue weighted by atomic mass is 10.1. The van der Waals surface area contributed by atoms with E-state index in [0.29, 0.717) is 18.6 Å². The van der Waals surface area contributed by atoms with Gasteiger partial charge in [-0.25, -0.2) is 4.79 Å². The van der Waals surface area contributed by atoms with Crippen molar-refractivity contribution >= 4 is 29.9 Å². The number of benzene rings is 2. The van der Waals surface area contributed by atoms with Crippen LogP contribution in [0.2, 0.25) is 0 Å². The van der Waals surface area contributed by atoms with Crippen LogP contribution in [-0.4, -0.2) is 64.0 Å². The van der Waals surface area contributed by atoms with Crippen molar-refractivity contribution in [3.05, 3.63) is 59.2 Å². The van der Waals surface area contributed by atoms with Crippen molar-refractivity contribution < 1.29 is 29.3 Å². The van der Waals surface area contributed by atoms with Crippen LogP contribution in [0.5, 0.6) is 11.5 Å². The molecule has 1 aliphatic rings. The van der Waals surface area contributed by atoms with Gasteiger partial charge in [-0.2, -0.15) is 11.8 Å². The average molecular weight is 401 g/mol. The molecule has 146 valence electrons. The van der Waals surface area contributed by atoms with Crippen molar-refractivity contribution in [1.29, 1.82) is 0 Å². The largest absolute Gasteiger partial charge is 0.507 e. The van der Waals surface area contributed by atoms with E-state index in [-0.39, 0.29) is 46.7 Å². The Balaban J connectivity index is 1.80. The number of carbonyl (C=O) groups is 3. The van der Waals surface area contributed by atoms with Crippen LogP contribution in [0.1, 0.15) is 31.1 Å². The molecule has 7 nitrogen and oxygen atoms in total. The van der Waals surface area contributed by atoms with Crippen molar-refractivity contribution in [3.8, 4) is 11.5 Å². The third-order valence-electron chi connectivity index (χ3n) is 4.47. The van der Waals surface area contributed by atoms with Gasteiger partial charge in [-0.15, -0.1) is 0 Å². The lowest BCUT2D eigenvalue weighted by Crippen LogP contribution is -2.49. The number of aromatic hydroxyl groups is 1. The van der Waals surface area contributed by atoms with E-state index in [1.54, 1.807) is 40.9 Å². The van der Waals surface area contributed by atoms with Gasteiger partial charge in [0.1, 0.15) is 18.1 Å². The summed E-state index contributed by atoms with van der Waals surface area (Å²) in [5, 5.41) is 19.1. The van der Waals surface area contributed by atoms with Crippen LogP contribution in [0.25, 0.3) is 0 Å². The van der Waals surface area contributed by atoms with Gasteiger partial charge in [-0.1, -0.05) is 18.2 Å². The maximum atomic E-state index is 13.0. The van der Waals surface area contributed by atoms with Crippen molar-refractivity contribution in [2.45, 2.75) is 6.04 Å². The fraction of sp³-hybridized carbons (Fsp3) is 0.250. The first-order chi connectivity index (χ1) is 13.5. The molecule has 0 spiro atoms. The number of aldehydes is 1. The molecule has 8 heteroatoms. The second-order valence-electron chi connectivity index (χ2n) is 6.20. The summed E-state index contributed by atoms with van der Waals surface area (Å²) in [6.07, 6.45) is 0.520. The smallest absolute Gasteiger partial charge is 0.336 e. The molecule has 0 bridgehead atoms. The van der Waals surface area contributed by atoms with Gasteiger partial charge < -0.3 is 19.8 Å². The highest BCUT2D eigenvalue weighted by atomic mass is 32.2. The zero-order valence-electron chi connectivity index (χ0n) is 14.9. The van der Waals surface area contributed by atoms with Crippen LogP contribution in [0.15, 0.2) is 42.5 Å². The molecule has 0 aromatic heterocycles. The number of carboxylic acids is 1. The van der Waals surface area contributed by atoms with Crippen molar-refractivity contribution in [2.24, 2.45) is 0 Å². The SMILES string of the molecule is O=Cc1c(O)cccc1OC[C@@H]1CSCCN1C(=O)c1ccccc1C(=O)O. The molecular weight excluding hydrogens is 382 g/mol. The molecule has 0 radical (unpaired) electrons. The van der Waals surface area contributed by atoms with E-state index < -0.39 is 5.97 Å². The zero-order chi connectivity index (χ0) is 20.1. The molecule has 0 saturated carbocycles. The molecule has 1 heterocycles. The minimum atomic E-state index is -1.15. The third-order valence-corrected chi connectivity index (χ3v) is 5.56. The molecule has 2 N–H and O–H groups in total. The summed E-state index contributed by atoms with van der Waals surface area (Å²) < 4.78 is 5.73. The van der Waals surface area contributed by atoms with Crippen LogP contribution in [0, 0.1) is 0 Å². The molecule has 3 rings (SSSR count). The van der Waals surface area contributed by atoms with E-state index in [0.717, 1.165) is 5.75 Å². The molecule has 1 atom stereocenters. The van der Waals surface area contributed by atoms with Crippen LogP contribution in [0.3, 0.4) is 0 Å². The standard InChI is InChI=1S/C20H19NO6S/c22-10-16-17(23)6-3-7-18(16)27-11-13-12-28-9-8-21(13)19(24)14-4-1-2-5-15(14)20(25)26/h1-7,10,13,23H,8-9,11-12H2,(H,25,26)/t13-/m1/s1. The maximum absolute atomic E-state index is 13.0. The number of ether oxygens (including phenoxy) is 1. The summed E-state index contributed by atoms with van der Waals surface area (Å²) in [5.41, 5.74) is 0.152. The Morgan fingerprint density at radius 1 is 1.18 bits per heavy atom. The molecule has 28 heavy (non-hydrogen) atoms. The molecule has 0 unspecified atom stereocenters. The monoisotopic (exact) mass is 401 g/mol. The number of hydrogen-bond acceptors (Lipinski definition) is 6. The van der Waals surface area contributed by atoms with Gasteiger partial charge in [0, 0.05) is 18.1 Å². The number of carboxylic acid groups (broad SMARTS) is 1. The van der Waals surface area contributed by atoms with Gasteiger partial charge in [0.25, 0.3) is 5.91 Å². The predicted molar refractivity (Wildman–Crippen MR) is 105 cm³/mol. The second kappa shape index (κ2) is 8.79. The van der Waals surface area contributed by atoms with Crippen LogP contribution in [-0.2, 0) is 0 Å². The Morgan fingerprint density at radius 3 is 2.64 bits per heavy atom. The number of phenols is 1. The summed E-state index contributed by atoms with van der Waals surface area (Å²) in [6, 6.07) is 10.4. The maximum Gasteiger partial charge on any atom is 0.336 e. The number of thioether (sulfide) groups is 1. The summed E-state index contributed by atoms with van der Waals surface area (Å²) >= 11 is 1.67. The van der Waals surface area contributed by atoms with Crippen molar-refractivity contribution in [3.63, 3.8) is 0 Å². The van der Waals surface area contributed by atoms with Crippen LogP contribution >= 0.6 is 11.8 Å².